The van der Waals surface area contributed by atoms with E-state index in [-0.39, 0.29) is 5.82 Å². The first-order valence-electron chi connectivity index (χ1n) is 5.04. The van der Waals surface area contributed by atoms with Crippen molar-refractivity contribution in [1.82, 2.24) is 4.98 Å². The topological polar surface area (TPSA) is 50.9 Å². The van der Waals surface area contributed by atoms with Gasteiger partial charge in [-0.3, -0.25) is 4.98 Å². The van der Waals surface area contributed by atoms with Crippen molar-refractivity contribution in [2.24, 2.45) is 0 Å². The lowest BCUT2D eigenvalue weighted by Crippen LogP contribution is -2.03. The summed E-state index contributed by atoms with van der Waals surface area (Å²) in [7, 11) is 0. The molecular formula is C12H11BrFN3. The molecule has 88 valence electrons. The minimum absolute atomic E-state index is 0.257. The molecule has 0 radical (unpaired) electrons. The number of benzene rings is 1. The van der Waals surface area contributed by atoms with Crippen molar-refractivity contribution in [2.45, 2.75) is 6.54 Å². The van der Waals surface area contributed by atoms with Crippen molar-refractivity contribution >= 4 is 27.3 Å². The van der Waals surface area contributed by atoms with Gasteiger partial charge in [-0.05, 0) is 29.8 Å². The SMILES string of the molecule is Nc1cnccc1NCc1cc(F)ccc1Br. The average molecular weight is 296 g/mol. The molecule has 0 amide bonds. The van der Waals surface area contributed by atoms with E-state index in [2.05, 4.69) is 26.2 Å². The van der Waals surface area contributed by atoms with Crippen LogP contribution in [0.25, 0.3) is 0 Å². The van der Waals surface area contributed by atoms with E-state index in [4.69, 9.17) is 5.73 Å². The summed E-state index contributed by atoms with van der Waals surface area (Å²) in [5.74, 6) is -0.257. The molecule has 0 aliphatic heterocycles. The molecule has 0 saturated carbocycles. The van der Waals surface area contributed by atoms with Crippen molar-refractivity contribution in [2.75, 3.05) is 11.1 Å². The van der Waals surface area contributed by atoms with Crippen LogP contribution in [0.3, 0.4) is 0 Å². The molecule has 0 atom stereocenters. The number of nitrogen functional groups attached to an aromatic ring is 1. The van der Waals surface area contributed by atoms with E-state index in [0.717, 1.165) is 15.7 Å². The summed E-state index contributed by atoms with van der Waals surface area (Å²) in [5.41, 5.74) is 7.93. The summed E-state index contributed by atoms with van der Waals surface area (Å²) in [5, 5.41) is 3.14. The highest BCUT2D eigenvalue weighted by atomic mass is 79.9. The number of nitrogens with zero attached hydrogens (tertiary/aromatic N) is 1. The highest BCUT2D eigenvalue weighted by Crippen LogP contribution is 2.21. The van der Waals surface area contributed by atoms with Gasteiger partial charge in [0.15, 0.2) is 0 Å². The van der Waals surface area contributed by atoms with Crippen LogP contribution in [0.15, 0.2) is 41.1 Å². The van der Waals surface area contributed by atoms with E-state index in [1.54, 1.807) is 24.5 Å². The van der Waals surface area contributed by atoms with Gasteiger partial charge in [-0.15, -0.1) is 0 Å². The minimum atomic E-state index is -0.257. The molecule has 0 aliphatic carbocycles. The van der Waals surface area contributed by atoms with Gasteiger partial charge in [0, 0.05) is 17.2 Å². The van der Waals surface area contributed by atoms with Gasteiger partial charge in [0.05, 0.1) is 17.6 Å². The van der Waals surface area contributed by atoms with Crippen molar-refractivity contribution in [3.8, 4) is 0 Å². The Morgan fingerprint density at radius 1 is 1.35 bits per heavy atom. The normalized spacial score (nSPS) is 10.2. The lowest BCUT2D eigenvalue weighted by atomic mass is 10.2. The summed E-state index contributed by atoms with van der Waals surface area (Å²) in [6.45, 7) is 0.493. The quantitative estimate of drug-likeness (QED) is 0.914. The molecule has 0 bridgehead atoms. The van der Waals surface area contributed by atoms with E-state index in [1.165, 1.54) is 12.1 Å². The Labute approximate surface area is 107 Å². The lowest BCUT2D eigenvalue weighted by molar-refractivity contribution is 0.625. The predicted molar refractivity (Wildman–Crippen MR) is 70.1 cm³/mol. The van der Waals surface area contributed by atoms with Crippen LogP contribution in [0.4, 0.5) is 15.8 Å². The fourth-order valence-electron chi connectivity index (χ4n) is 1.44. The van der Waals surface area contributed by atoms with E-state index in [0.29, 0.717) is 12.2 Å². The van der Waals surface area contributed by atoms with Crippen LogP contribution in [-0.2, 0) is 6.54 Å². The third-order valence-electron chi connectivity index (χ3n) is 2.33. The number of anilines is 2. The Hall–Kier alpha value is -1.62. The summed E-state index contributed by atoms with van der Waals surface area (Å²) in [6, 6.07) is 6.35. The molecule has 0 saturated heterocycles. The largest absolute Gasteiger partial charge is 0.396 e. The molecule has 1 heterocycles. The number of pyridine rings is 1. The van der Waals surface area contributed by atoms with Crippen LogP contribution in [0, 0.1) is 5.82 Å². The first-order valence-corrected chi connectivity index (χ1v) is 5.83. The van der Waals surface area contributed by atoms with Crippen molar-refractivity contribution in [3.63, 3.8) is 0 Å². The van der Waals surface area contributed by atoms with Gasteiger partial charge < -0.3 is 11.1 Å². The zero-order valence-electron chi connectivity index (χ0n) is 8.95. The van der Waals surface area contributed by atoms with Crippen LogP contribution in [0.5, 0.6) is 0 Å². The molecule has 0 unspecified atom stereocenters. The number of rotatable bonds is 3. The minimum Gasteiger partial charge on any atom is -0.396 e. The van der Waals surface area contributed by atoms with E-state index in [9.17, 15) is 4.39 Å². The Morgan fingerprint density at radius 3 is 2.94 bits per heavy atom. The lowest BCUT2D eigenvalue weighted by Gasteiger charge is -2.10. The van der Waals surface area contributed by atoms with Gasteiger partial charge in [-0.1, -0.05) is 15.9 Å². The number of nitrogens with two attached hydrogens (primary N) is 1. The Bertz CT molecular complexity index is 531. The number of hydrogen-bond acceptors (Lipinski definition) is 3. The predicted octanol–water partition coefficient (Wildman–Crippen LogP) is 3.18. The standard InChI is InChI=1S/C12H11BrFN3/c13-10-2-1-9(14)5-8(10)6-17-12-3-4-16-7-11(12)15/h1-5,7H,6,15H2,(H,16,17). The third kappa shape index (κ3) is 2.94. The monoisotopic (exact) mass is 295 g/mol. The molecule has 17 heavy (non-hydrogen) atoms. The summed E-state index contributed by atoms with van der Waals surface area (Å²) in [4.78, 5) is 3.90. The highest BCUT2D eigenvalue weighted by Gasteiger charge is 2.03. The second-order valence-corrected chi connectivity index (χ2v) is 4.41. The second kappa shape index (κ2) is 5.14. The van der Waals surface area contributed by atoms with Gasteiger partial charge in [0.1, 0.15) is 5.82 Å². The number of hydrogen-bond donors (Lipinski definition) is 2. The van der Waals surface area contributed by atoms with E-state index < -0.39 is 0 Å². The fourth-order valence-corrected chi connectivity index (χ4v) is 1.82. The molecule has 2 aromatic rings. The van der Waals surface area contributed by atoms with Crippen LogP contribution >= 0.6 is 15.9 Å². The maximum absolute atomic E-state index is 13.1. The van der Waals surface area contributed by atoms with Gasteiger partial charge in [0.2, 0.25) is 0 Å². The summed E-state index contributed by atoms with van der Waals surface area (Å²) in [6.07, 6.45) is 3.22. The van der Waals surface area contributed by atoms with Gasteiger partial charge in [-0.25, -0.2) is 4.39 Å². The molecular weight excluding hydrogens is 285 g/mol. The molecule has 3 nitrogen and oxygen atoms in total. The van der Waals surface area contributed by atoms with Crippen molar-refractivity contribution in [1.29, 1.82) is 0 Å². The van der Waals surface area contributed by atoms with Crippen molar-refractivity contribution in [3.05, 3.63) is 52.5 Å². The molecule has 0 aliphatic rings. The highest BCUT2D eigenvalue weighted by molar-refractivity contribution is 9.10. The first-order chi connectivity index (χ1) is 8.16. The fraction of sp³-hybridized carbons (Fsp3) is 0.0833. The molecule has 1 aromatic carbocycles. The molecule has 5 heteroatoms. The summed E-state index contributed by atoms with van der Waals surface area (Å²) >= 11 is 3.37. The molecule has 1 aromatic heterocycles. The maximum atomic E-state index is 13.1. The van der Waals surface area contributed by atoms with Crippen LogP contribution in [0.1, 0.15) is 5.56 Å². The zero-order valence-corrected chi connectivity index (χ0v) is 10.5. The number of halogens is 2. The Kier molecular flexibility index (Phi) is 3.58. The van der Waals surface area contributed by atoms with Crippen molar-refractivity contribution < 1.29 is 4.39 Å². The number of nitrogens with one attached hydrogen (secondary N) is 1. The second-order valence-electron chi connectivity index (χ2n) is 3.55. The smallest absolute Gasteiger partial charge is 0.123 e. The van der Waals surface area contributed by atoms with Crippen LogP contribution in [-0.4, -0.2) is 4.98 Å². The van der Waals surface area contributed by atoms with E-state index >= 15 is 0 Å². The molecule has 2 rings (SSSR count). The molecule has 3 N–H and O–H groups in total. The van der Waals surface area contributed by atoms with Crippen LogP contribution in [0.2, 0.25) is 0 Å². The molecule has 0 fully saturated rings. The van der Waals surface area contributed by atoms with Gasteiger partial charge in [-0.2, -0.15) is 0 Å². The van der Waals surface area contributed by atoms with Gasteiger partial charge in [0.25, 0.3) is 0 Å². The Morgan fingerprint density at radius 2 is 2.18 bits per heavy atom. The maximum Gasteiger partial charge on any atom is 0.123 e. The number of aromatic nitrogens is 1. The third-order valence-corrected chi connectivity index (χ3v) is 3.10. The molecule has 0 spiro atoms. The zero-order chi connectivity index (χ0) is 12.3. The average Bonchev–Trinajstić information content (AvgIpc) is 2.32. The van der Waals surface area contributed by atoms with Crippen LogP contribution < -0.4 is 11.1 Å². The Balaban J connectivity index is 2.12. The van der Waals surface area contributed by atoms with E-state index in [1.807, 2.05) is 0 Å². The van der Waals surface area contributed by atoms with Gasteiger partial charge >= 0.3 is 0 Å². The summed E-state index contributed by atoms with van der Waals surface area (Å²) < 4.78 is 13.9. The first kappa shape index (κ1) is 11.9.